The highest BCUT2D eigenvalue weighted by atomic mass is 35.5. The predicted octanol–water partition coefficient (Wildman–Crippen LogP) is 4.60. The minimum atomic E-state index is -0.758. The standard InChI is InChI=1S/C21H16ClFN2O4S/c22-14-4-1-5-15(23)13(14)10-21(27)29-12-20(26)25-17(18-6-2-8-28-18)11-16(24-25)19-7-3-9-30-19/h1-9,17H,10-12H2/t17-/m1/s1. The van der Waals surface area contributed by atoms with E-state index >= 15 is 0 Å². The van der Waals surface area contributed by atoms with Crippen molar-refractivity contribution in [3.63, 3.8) is 0 Å². The minimum absolute atomic E-state index is 0.0317. The Labute approximate surface area is 180 Å². The first-order valence-electron chi connectivity index (χ1n) is 9.08. The summed E-state index contributed by atoms with van der Waals surface area (Å²) in [5.41, 5.74) is 0.786. The Morgan fingerprint density at radius 2 is 2.13 bits per heavy atom. The van der Waals surface area contributed by atoms with Crippen LogP contribution in [0.1, 0.15) is 28.7 Å². The summed E-state index contributed by atoms with van der Waals surface area (Å²) in [7, 11) is 0. The van der Waals surface area contributed by atoms with E-state index in [1.54, 1.807) is 12.1 Å². The average molecular weight is 447 g/mol. The smallest absolute Gasteiger partial charge is 0.310 e. The lowest BCUT2D eigenvalue weighted by Crippen LogP contribution is -2.31. The van der Waals surface area contributed by atoms with Crippen LogP contribution in [0, 0.1) is 5.82 Å². The van der Waals surface area contributed by atoms with Gasteiger partial charge in [0.25, 0.3) is 5.91 Å². The van der Waals surface area contributed by atoms with Crippen molar-refractivity contribution in [2.45, 2.75) is 18.9 Å². The molecule has 154 valence electrons. The van der Waals surface area contributed by atoms with E-state index in [4.69, 9.17) is 20.8 Å². The van der Waals surface area contributed by atoms with Crippen LogP contribution in [-0.4, -0.2) is 29.2 Å². The SMILES string of the molecule is O=C(Cc1c(F)cccc1Cl)OCC(=O)N1N=C(c2cccs2)C[C@@H]1c1ccco1. The third-order valence-corrected chi connectivity index (χ3v) is 5.86. The van der Waals surface area contributed by atoms with Gasteiger partial charge in [-0.2, -0.15) is 5.10 Å². The van der Waals surface area contributed by atoms with Crippen LogP contribution in [0.5, 0.6) is 0 Å². The molecule has 2 aromatic heterocycles. The van der Waals surface area contributed by atoms with Gasteiger partial charge in [-0.25, -0.2) is 9.40 Å². The summed E-state index contributed by atoms with van der Waals surface area (Å²) in [6, 6.07) is 11.0. The van der Waals surface area contributed by atoms with Gasteiger partial charge in [-0.15, -0.1) is 11.3 Å². The number of furan rings is 1. The average Bonchev–Trinajstić information content (AvgIpc) is 3.48. The zero-order chi connectivity index (χ0) is 21.1. The van der Waals surface area contributed by atoms with Crippen molar-refractivity contribution < 1.29 is 23.1 Å². The first-order valence-corrected chi connectivity index (χ1v) is 10.3. The number of carbonyl (C=O) groups excluding carboxylic acids is 2. The van der Waals surface area contributed by atoms with Gasteiger partial charge in [-0.1, -0.05) is 23.7 Å². The number of hydrogen-bond acceptors (Lipinski definition) is 6. The Bertz CT molecular complexity index is 1060. The molecule has 0 fully saturated rings. The number of hydrogen-bond donors (Lipinski definition) is 0. The first-order chi connectivity index (χ1) is 14.5. The summed E-state index contributed by atoms with van der Waals surface area (Å²) in [4.78, 5) is 25.8. The van der Waals surface area contributed by atoms with Crippen LogP contribution in [0.25, 0.3) is 0 Å². The number of benzene rings is 1. The second kappa shape index (κ2) is 8.81. The molecule has 0 bridgehead atoms. The predicted molar refractivity (Wildman–Crippen MR) is 110 cm³/mol. The van der Waals surface area contributed by atoms with Crippen molar-refractivity contribution in [1.82, 2.24) is 5.01 Å². The highest BCUT2D eigenvalue weighted by molar-refractivity contribution is 7.12. The lowest BCUT2D eigenvalue weighted by molar-refractivity contribution is -0.152. The number of nitrogens with zero attached hydrogens (tertiary/aromatic N) is 2. The van der Waals surface area contributed by atoms with Gasteiger partial charge in [0.15, 0.2) is 6.61 Å². The largest absolute Gasteiger partial charge is 0.467 e. The van der Waals surface area contributed by atoms with Crippen LogP contribution in [0.15, 0.2) is 63.6 Å². The van der Waals surface area contributed by atoms with Gasteiger partial charge in [0.1, 0.15) is 17.6 Å². The van der Waals surface area contributed by atoms with Crippen molar-refractivity contribution in [3.8, 4) is 0 Å². The summed E-state index contributed by atoms with van der Waals surface area (Å²) in [5.74, 6) is -1.28. The van der Waals surface area contributed by atoms with Gasteiger partial charge in [-0.3, -0.25) is 9.59 Å². The van der Waals surface area contributed by atoms with Crippen molar-refractivity contribution in [3.05, 3.63) is 81.1 Å². The van der Waals surface area contributed by atoms with Crippen molar-refractivity contribution in [1.29, 1.82) is 0 Å². The summed E-state index contributed by atoms with van der Waals surface area (Å²) >= 11 is 7.45. The third kappa shape index (κ3) is 4.29. The summed E-state index contributed by atoms with van der Waals surface area (Å²) < 4.78 is 24.4. The quantitative estimate of drug-likeness (QED) is 0.519. The van der Waals surface area contributed by atoms with Gasteiger partial charge in [0.2, 0.25) is 0 Å². The third-order valence-electron chi connectivity index (χ3n) is 4.58. The van der Waals surface area contributed by atoms with E-state index in [-0.39, 0.29) is 17.0 Å². The number of hydrazone groups is 1. The van der Waals surface area contributed by atoms with E-state index in [0.717, 1.165) is 10.6 Å². The number of rotatable bonds is 6. The molecule has 3 aromatic rings. The number of ether oxygens (including phenoxy) is 1. The molecule has 0 saturated carbocycles. The molecule has 0 saturated heterocycles. The number of halogens is 2. The number of esters is 1. The molecular formula is C21H16ClFN2O4S. The fraction of sp³-hybridized carbons (Fsp3) is 0.190. The molecule has 0 radical (unpaired) electrons. The van der Waals surface area contributed by atoms with Crippen LogP contribution in [0.4, 0.5) is 4.39 Å². The van der Waals surface area contributed by atoms with E-state index in [9.17, 15) is 14.0 Å². The molecule has 1 amide bonds. The molecule has 4 rings (SSSR count). The molecule has 1 aromatic carbocycles. The maximum Gasteiger partial charge on any atom is 0.310 e. The molecule has 1 atom stereocenters. The maximum atomic E-state index is 13.8. The second-order valence-electron chi connectivity index (χ2n) is 6.54. The maximum absolute atomic E-state index is 13.8. The highest BCUT2D eigenvalue weighted by Crippen LogP contribution is 2.34. The van der Waals surface area contributed by atoms with Gasteiger partial charge < -0.3 is 9.15 Å². The van der Waals surface area contributed by atoms with E-state index in [1.807, 2.05) is 17.5 Å². The van der Waals surface area contributed by atoms with E-state index in [2.05, 4.69) is 5.10 Å². The zero-order valence-electron chi connectivity index (χ0n) is 15.6. The van der Waals surface area contributed by atoms with Gasteiger partial charge in [0.05, 0.1) is 23.3 Å². The summed E-state index contributed by atoms with van der Waals surface area (Å²) in [6.07, 6.45) is 1.64. The van der Waals surface area contributed by atoms with Crippen molar-refractivity contribution in [2.75, 3.05) is 6.61 Å². The molecule has 30 heavy (non-hydrogen) atoms. The molecule has 1 aliphatic heterocycles. The lowest BCUT2D eigenvalue weighted by Gasteiger charge is -2.19. The second-order valence-corrected chi connectivity index (χ2v) is 7.89. The Kier molecular flexibility index (Phi) is 5.96. The molecule has 6 nitrogen and oxygen atoms in total. The molecule has 9 heteroatoms. The van der Waals surface area contributed by atoms with Crippen molar-refractivity contribution >= 4 is 40.5 Å². The molecule has 0 aliphatic carbocycles. The highest BCUT2D eigenvalue weighted by Gasteiger charge is 2.35. The number of thiophene rings is 1. The fourth-order valence-corrected chi connectivity index (χ4v) is 4.09. The van der Waals surface area contributed by atoms with E-state index in [1.165, 1.54) is 40.8 Å². The number of carbonyl (C=O) groups is 2. The normalized spacial score (nSPS) is 15.9. The van der Waals surface area contributed by atoms with Crippen LogP contribution < -0.4 is 0 Å². The van der Waals surface area contributed by atoms with Crippen LogP contribution in [0.2, 0.25) is 5.02 Å². The Balaban J connectivity index is 1.44. The Morgan fingerprint density at radius 3 is 2.83 bits per heavy atom. The minimum Gasteiger partial charge on any atom is -0.467 e. The topological polar surface area (TPSA) is 72.1 Å². The van der Waals surface area contributed by atoms with Gasteiger partial charge in [0, 0.05) is 17.0 Å². The van der Waals surface area contributed by atoms with Crippen LogP contribution >= 0.6 is 22.9 Å². The molecule has 0 spiro atoms. The monoisotopic (exact) mass is 446 g/mol. The van der Waals surface area contributed by atoms with E-state index in [0.29, 0.717) is 12.2 Å². The summed E-state index contributed by atoms with van der Waals surface area (Å²) in [5, 5.41) is 7.77. The Hall–Kier alpha value is -2.97. The molecule has 0 N–H and O–H groups in total. The zero-order valence-corrected chi connectivity index (χ0v) is 17.2. The van der Waals surface area contributed by atoms with Gasteiger partial charge in [-0.05, 0) is 35.7 Å². The van der Waals surface area contributed by atoms with Crippen molar-refractivity contribution in [2.24, 2.45) is 5.10 Å². The summed E-state index contributed by atoms with van der Waals surface area (Å²) in [6.45, 7) is -0.524. The molecular weight excluding hydrogens is 431 g/mol. The lowest BCUT2D eigenvalue weighted by atomic mass is 10.1. The fourth-order valence-electron chi connectivity index (χ4n) is 3.14. The van der Waals surface area contributed by atoms with E-state index < -0.39 is 30.3 Å². The van der Waals surface area contributed by atoms with Gasteiger partial charge >= 0.3 is 5.97 Å². The van der Waals surface area contributed by atoms with Crippen LogP contribution in [-0.2, 0) is 20.7 Å². The molecule has 0 unspecified atom stereocenters. The van der Waals surface area contributed by atoms with Crippen LogP contribution in [0.3, 0.4) is 0 Å². The number of amides is 1. The molecule has 1 aliphatic rings. The first kappa shape index (κ1) is 20.3. The molecule has 3 heterocycles. The Morgan fingerprint density at radius 1 is 1.27 bits per heavy atom.